The molecular weight excluding hydrogens is 448 g/mol. The molecule has 0 radical (unpaired) electrons. The summed E-state index contributed by atoms with van der Waals surface area (Å²) in [4.78, 5) is 0. The van der Waals surface area contributed by atoms with E-state index in [4.69, 9.17) is 4.74 Å². The molecule has 0 saturated heterocycles. The van der Waals surface area contributed by atoms with Crippen molar-refractivity contribution in [2.45, 2.75) is 109 Å². The Kier molecular flexibility index (Phi) is 11.2. The van der Waals surface area contributed by atoms with Gasteiger partial charge in [-0.25, -0.2) is 0 Å². The van der Waals surface area contributed by atoms with E-state index in [0.29, 0.717) is 11.8 Å². The fourth-order valence-electron chi connectivity index (χ4n) is 6.32. The Balaban J connectivity index is 1.18. The number of rotatable bonds is 10. The molecule has 0 amide bonds. The van der Waals surface area contributed by atoms with Crippen LogP contribution in [-0.4, -0.2) is 6.61 Å². The highest BCUT2D eigenvalue weighted by Gasteiger charge is 2.22. The van der Waals surface area contributed by atoms with Crippen LogP contribution in [0, 0.1) is 23.7 Å². The van der Waals surface area contributed by atoms with Crippen LogP contribution in [0.3, 0.4) is 0 Å². The van der Waals surface area contributed by atoms with Gasteiger partial charge in [0.2, 0.25) is 0 Å². The van der Waals surface area contributed by atoms with Crippen LogP contribution in [0.4, 0.5) is 0 Å². The van der Waals surface area contributed by atoms with E-state index < -0.39 is 0 Å². The van der Waals surface area contributed by atoms with Gasteiger partial charge in [0, 0.05) is 5.56 Å². The summed E-state index contributed by atoms with van der Waals surface area (Å²) in [6.07, 6.45) is 21.7. The highest BCUT2D eigenvalue weighted by atomic mass is 16.5. The zero-order valence-corrected chi connectivity index (χ0v) is 23.4. The molecule has 0 aliphatic heterocycles. The maximum Gasteiger partial charge on any atom is 0.119 e. The second-order valence-electron chi connectivity index (χ2n) is 11.5. The topological polar surface area (TPSA) is 9.23 Å². The average molecular weight is 497 g/mol. The van der Waals surface area contributed by atoms with Crippen LogP contribution >= 0.6 is 0 Å². The molecule has 0 aromatic heterocycles. The predicted molar refractivity (Wildman–Crippen MR) is 158 cm³/mol. The molecule has 4 rings (SSSR count). The molecule has 2 aliphatic rings. The standard InChI is InChI=1S/C36H48O/c1-3-5-6-9-29-12-18-32(19-13-29)33-20-14-30(15-21-33)10-7-8-11-31-16-22-34(23-17-31)35-24-26-36(27-25-35)37-28-4-2/h8,11,14-15,20-21,24-27,29,31-32,34H,3-6,9,12-13,16-19,22-23,28H2,1-2H3/t29-,31-,32-,34-. The lowest BCUT2D eigenvalue weighted by Gasteiger charge is -2.29. The highest BCUT2D eigenvalue weighted by Crippen LogP contribution is 2.38. The summed E-state index contributed by atoms with van der Waals surface area (Å²) in [7, 11) is 0. The van der Waals surface area contributed by atoms with Gasteiger partial charge in [-0.05, 0) is 123 Å². The summed E-state index contributed by atoms with van der Waals surface area (Å²) < 4.78 is 5.73. The van der Waals surface area contributed by atoms with Gasteiger partial charge in [0.05, 0.1) is 6.61 Å². The zero-order valence-electron chi connectivity index (χ0n) is 23.4. The van der Waals surface area contributed by atoms with Gasteiger partial charge in [0.15, 0.2) is 0 Å². The van der Waals surface area contributed by atoms with Crippen LogP contribution in [-0.2, 0) is 0 Å². The molecule has 2 fully saturated rings. The molecular formula is C36H48O. The molecule has 1 nitrogen and oxygen atoms in total. The lowest BCUT2D eigenvalue weighted by Crippen LogP contribution is -2.13. The number of allylic oxidation sites excluding steroid dienone is 2. The van der Waals surface area contributed by atoms with E-state index in [0.717, 1.165) is 36.2 Å². The van der Waals surface area contributed by atoms with Gasteiger partial charge in [-0.3, -0.25) is 0 Å². The van der Waals surface area contributed by atoms with Crippen molar-refractivity contribution < 1.29 is 4.74 Å². The number of ether oxygens (including phenoxy) is 1. The monoisotopic (exact) mass is 496 g/mol. The molecule has 0 atom stereocenters. The van der Waals surface area contributed by atoms with E-state index in [2.05, 4.69) is 86.4 Å². The molecule has 2 aliphatic carbocycles. The molecule has 0 unspecified atom stereocenters. The third-order valence-corrected chi connectivity index (χ3v) is 8.71. The minimum absolute atomic E-state index is 0.664. The Morgan fingerprint density at radius 2 is 1.35 bits per heavy atom. The van der Waals surface area contributed by atoms with Crippen LogP contribution in [0.25, 0.3) is 0 Å². The first-order valence-corrected chi connectivity index (χ1v) is 15.3. The lowest BCUT2D eigenvalue weighted by molar-refractivity contribution is 0.303. The van der Waals surface area contributed by atoms with E-state index in [1.54, 1.807) is 0 Å². The second-order valence-corrected chi connectivity index (χ2v) is 11.5. The first-order chi connectivity index (χ1) is 18.2. The smallest absolute Gasteiger partial charge is 0.119 e. The lowest BCUT2D eigenvalue weighted by atomic mass is 9.77. The molecule has 0 bridgehead atoms. The first-order valence-electron chi connectivity index (χ1n) is 15.3. The maximum absolute atomic E-state index is 5.73. The quantitative estimate of drug-likeness (QED) is 0.235. The van der Waals surface area contributed by atoms with Gasteiger partial charge in [-0.2, -0.15) is 0 Å². The number of benzene rings is 2. The highest BCUT2D eigenvalue weighted by molar-refractivity contribution is 5.39. The average Bonchev–Trinajstić information content (AvgIpc) is 2.96. The summed E-state index contributed by atoms with van der Waals surface area (Å²) in [5.41, 5.74) is 4.12. The van der Waals surface area contributed by atoms with Gasteiger partial charge in [-0.1, -0.05) is 81.7 Å². The summed E-state index contributed by atoms with van der Waals surface area (Å²) in [5, 5.41) is 0. The van der Waals surface area contributed by atoms with Crippen molar-refractivity contribution in [1.29, 1.82) is 0 Å². The van der Waals surface area contributed by atoms with Gasteiger partial charge >= 0.3 is 0 Å². The minimum atomic E-state index is 0.664. The largest absolute Gasteiger partial charge is 0.494 e. The van der Waals surface area contributed by atoms with Crippen LogP contribution in [0.1, 0.15) is 126 Å². The Bertz CT molecular complexity index is 987. The molecule has 0 heterocycles. The van der Waals surface area contributed by atoms with E-state index in [9.17, 15) is 0 Å². The Hall–Kier alpha value is -2.46. The van der Waals surface area contributed by atoms with Gasteiger partial charge in [0.25, 0.3) is 0 Å². The van der Waals surface area contributed by atoms with Crippen molar-refractivity contribution in [3.8, 4) is 17.6 Å². The minimum Gasteiger partial charge on any atom is -0.494 e. The van der Waals surface area contributed by atoms with E-state index in [1.165, 1.54) is 88.2 Å². The Labute approximate surface area is 227 Å². The van der Waals surface area contributed by atoms with Crippen LogP contribution in [0.2, 0.25) is 0 Å². The van der Waals surface area contributed by atoms with Crippen LogP contribution in [0.15, 0.2) is 60.7 Å². The fraction of sp³-hybridized carbons (Fsp3) is 0.556. The molecule has 37 heavy (non-hydrogen) atoms. The molecule has 198 valence electrons. The Morgan fingerprint density at radius 1 is 0.730 bits per heavy atom. The summed E-state index contributed by atoms with van der Waals surface area (Å²) in [6.45, 7) is 5.24. The fourth-order valence-corrected chi connectivity index (χ4v) is 6.32. The molecule has 0 N–H and O–H groups in total. The van der Waals surface area contributed by atoms with Crippen molar-refractivity contribution >= 4 is 0 Å². The summed E-state index contributed by atoms with van der Waals surface area (Å²) >= 11 is 0. The third-order valence-electron chi connectivity index (χ3n) is 8.71. The van der Waals surface area contributed by atoms with E-state index in [-0.39, 0.29) is 0 Å². The number of unbranched alkanes of at least 4 members (excludes halogenated alkanes) is 2. The third kappa shape index (κ3) is 8.81. The molecule has 0 spiro atoms. The van der Waals surface area contributed by atoms with Crippen molar-refractivity contribution in [2.75, 3.05) is 6.61 Å². The number of hydrogen-bond acceptors (Lipinski definition) is 1. The molecule has 2 aromatic carbocycles. The summed E-state index contributed by atoms with van der Waals surface area (Å²) in [5.74, 6) is 10.7. The van der Waals surface area contributed by atoms with Crippen molar-refractivity contribution in [1.82, 2.24) is 0 Å². The number of hydrogen-bond donors (Lipinski definition) is 0. The predicted octanol–water partition coefficient (Wildman–Crippen LogP) is 10.2. The van der Waals surface area contributed by atoms with Gasteiger partial charge < -0.3 is 4.74 Å². The molecule has 1 heteroatoms. The van der Waals surface area contributed by atoms with Crippen molar-refractivity contribution in [2.24, 2.45) is 11.8 Å². The first kappa shape index (κ1) is 27.6. The van der Waals surface area contributed by atoms with Crippen molar-refractivity contribution in [3.05, 3.63) is 77.4 Å². The maximum atomic E-state index is 5.73. The molecule has 2 saturated carbocycles. The SMILES string of the molecule is CCCCC[C@H]1CC[C@H](c2ccc(C#CC=C[C@H]3CC[C@H](c4ccc(OCCC)cc4)CC3)cc2)CC1. The molecule has 2 aromatic rings. The van der Waals surface area contributed by atoms with Gasteiger partial charge in [-0.15, -0.1) is 0 Å². The summed E-state index contributed by atoms with van der Waals surface area (Å²) in [6, 6.07) is 17.9. The Morgan fingerprint density at radius 3 is 1.97 bits per heavy atom. The van der Waals surface area contributed by atoms with E-state index in [1.807, 2.05) is 0 Å². The van der Waals surface area contributed by atoms with E-state index >= 15 is 0 Å². The second kappa shape index (κ2) is 15.1. The van der Waals surface area contributed by atoms with Crippen molar-refractivity contribution in [3.63, 3.8) is 0 Å². The van der Waals surface area contributed by atoms with Gasteiger partial charge in [0.1, 0.15) is 5.75 Å². The zero-order chi connectivity index (χ0) is 25.7. The van der Waals surface area contributed by atoms with Crippen LogP contribution < -0.4 is 4.74 Å². The normalized spacial score (nSPS) is 23.9. The van der Waals surface area contributed by atoms with Crippen LogP contribution in [0.5, 0.6) is 5.75 Å².